The molecule has 2 aromatic rings. The van der Waals surface area contributed by atoms with Crippen molar-refractivity contribution in [1.82, 2.24) is 5.32 Å². The number of rotatable bonds is 4. The monoisotopic (exact) mass is 271 g/mol. The standard InChI is InChI=1S/C17H18ClN/c1-12-2-3-13(11-19-16-8-9-16)10-17(12)14-4-6-15(18)7-5-14/h2-7,10,16,19H,8-9,11H2,1H3. The molecule has 0 aliphatic heterocycles. The summed E-state index contributed by atoms with van der Waals surface area (Å²) in [6.45, 7) is 3.12. The molecule has 19 heavy (non-hydrogen) atoms. The van der Waals surface area contributed by atoms with Crippen molar-refractivity contribution in [1.29, 1.82) is 0 Å². The Morgan fingerprint density at radius 3 is 2.53 bits per heavy atom. The molecule has 1 nitrogen and oxygen atoms in total. The van der Waals surface area contributed by atoms with E-state index in [4.69, 9.17) is 11.6 Å². The molecule has 0 saturated heterocycles. The van der Waals surface area contributed by atoms with E-state index in [1.54, 1.807) is 0 Å². The van der Waals surface area contributed by atoms with Crippen LogP contribution in [0.3, 0.4) is 0 Å². The first-order valence-electron chi connectivity index (χ1n) is 6.81. The Labute approximate surface area is 119 Å². The lowest BCUT2D eigenvalue weighted by Crippen LogP contribution is -2.15. The summed E-state index contributed by atoms with van der Waals surface area (Å²) in [7, 11) is 0. The molecule has 3 rings (SSSR count). The van der Waals surface area contributed by atoms with E-state index in [0.717, 1.165) is 17.6 Å². The van der Waals surface area contributed by atoms with Gasteiger partial charge >= 0.3 is 0 Å². The minimum Gasteiger partial charge on any atom is -0.310 e. The number of benzene rings is 2. The third-order valence-corrected chi connectivity index (χ3v) is 3.88. The maximum absolute atomic E-state index is 5.95. The molecule has 1 fully saturated rings. The molecular formula is C17H18ClN. The van der Waals surface area contributed by atoms with E-state index in [2.05, 4.69) is 42.6 Å². The van der Waals surface area contributed by atoms with E-state index in [-0.39, 0.29) is 0 Å². The predicted molar refractivity (Wildman–Crippen MR) is 81.5 cm³/mol. The zero-order valence-corrected chi connectivity index (χ0v) is 11.9. The second kappa shape index (κ2) is 5.36. The van der Waals surface area contributed by atoms with Crippen molar-refractivity contribution in [3.63, 3.8) is 0 Å². The molecule has 0 unspecified atom stereocenters. The first-order chi connectivity index (χ1) is 9.22. The van der Waals surface area contributed by atoms with Crippen molar-refractivity contribution in [3.05, 3.63) is 58.6 Å². The minimum atomic E-state index is 0.750. The van der Waals surface area contributed by atoms with Crippen LogP contribution in [0.4, 0.5) is 0 Å². The molecule has 0 spiro atoms. The zero-order valence-electron chi connectivity index (χ0n) is 11.1. The summed E-state index contributed by atoms with van der Waals surface area (Å²) < 4.78 is 0. The van der Waals surface area contributed by atoms with Crippen molar-refractivity contribution < 1.29 is 0 Å². The van der Waals surface area contributed by atoms with Gasteiger partial charge in [-0.2, -0.15) is 0 Å². The molecule has 0 radical (unpaired) electrons. The molecular weight excluding hydrogens is 254 g/mol. The second-order valence-corrected chi connectivity index (χ2v) is 5.75. The van der Waals surface area contributed by atoms with Crippen LogP contribution in [0, 0.1) is 6.92 Å². The smallest absolute Gasteiger partial charge is 0.0406 e. The largest absolute Gasteiger partial charge is 0.310 e. The first kappa shape index (κ1) is 12.7. The molecule has 0 aromatic heterocycles. The number of nitrogens with one attached hydrogen (secondary N) is 1. The molecule has 1 N–H and O–H groups in total. The molecule has 0 heterocycles. The summed E-state index contributed by atoms with van der Waals surface area (Å²) >= 11 is 5.95. The molecule has 2 aromatic carbocycles. The van der Waals surface area contributed by atoms with Crippen molar-refractivity contribution >= 4 is 11.6 Å². The zero-order chi connectivity index (χ0) is 13.2. The van der Waals surface area contributed by atoms with Gasteiger partial charge in [-0.15, -0.1) is 0 Å². The van der Waals surface area contributed by atoms with E-state index < -0.39 is 0 Å². The van der Waals surface area contributed by atoms with Crippen LogP contribution in [-0.2, 0) is 6.54 Å². The fraction of sp³-hybridized carbons (Fsp3) is 0.294. The van der Waals surface area contributed by atoms with E-state index in [1.807, 2.05) is 12.1 Å². The maximum Gasteiger partial charge on any atom is 0.0406 e. The minimum absolute atomic E-state index is 0.750. The van der Waals surface area contributed by atoms with Crippen LogP contribution < -0.4 is 5.32 Å². The van der Waals surface area contributed by atoms with Gasteiger partial charge in [0.2, 0.25) is 0 Å². The Kier molecular flexibility index (Phi) is 3.58. The van der Waals surface area contributed by atoms with Crippen molar-refractivity contribution in [2.45, 2.75) is 32.4 Å². The van der Waals surface area contributed by atoms with Gasteiger partial charge in [-0.1, -0.05) is 35.9 Å². The highest BCUT2D eigenvalue weighted by atomic mass is 35.5. The fourth-order valence-electron chi connectivity index (χ4n) is 2.27. The highest BCUT2D eigenvalue weighted by molar-refractivity contribution is 6.30. The van der Waals surface area contributed by atoms with Gasteiger partial charge in [0.05, 0.1) is 0 Å². The third kappa shape index (κ3) is 3.17. The molecule has 1 aliphatic carbocycles. The van der Waals surface area contributed by atoms with Gasteiger partial charge in [0.25, 0.3) is 0 Å². The van der Waals surface area contributed by atoms with E-state index in [1.165, 1.54) is 35.1 Å². The van der Waals surface area contributed by atoms with Crippen LogP contribution >= 0.6 is 11.6 Å². The van der Waals surface area contributed by atoms with Crippen LogP contribution in [0.5, 0.6) is 0 Å². The lowest BCUT2D eigenvalue weighted by Gasteiger charge is -2.10. The quantitative estimate of drug-likeness (QED) is 0.859. The Morgan fingerprint density at radius 1 is 1.11 bits per heavy atom. The van der Waals surface area contributed by atoms with Gasteiger partial charge in [0, 0.05) is 17.6 Å². The number of halogens is 1. The van der Waals surface area contributed by atoms with Crippen LogP contribution in [0.25, 0.3) is 11.1 Å². The Bertz CT molecular complexity index is 570. The average molecular weight is 272 g/mol. The molecule has 98 valence electrons. The molecule has 0 amide bonds. The number of hydrogen-bond donors (Lipinski definition) is 1. The van der Waals surface area contributed by atoms with E-state index in [9.17, 15) is 0 Å². The van der Waals surface area contributed by atoms with Gasteiger partial charge in [-0.25, -0.2) is 0 Å². The van der Waals surface area contributed by atoms with Gasteiger partial charge in [0.15, 0.2) is 0 Å². The summed E-state index contributed by atoms with van der Waals surface area (Å²) in [6.07, 6.45) is 2.66. The van der Waals surface area contributed by atoms with Crippen LogP contribution in [-0.4, -0.2) is 6.04 Å². The van der Waals surface area contributed by atoms with Crippen molar-refractivity contribution in [3.8, 4) is 11.1 Å². The van der Waals surface area contributed by atoms with Gasteiger partial charge in [-0.3, -0.25) is 0 Å². The Balaban J connectivity index is 1.85. The first-order valence-corrected chi connectivity index (χ1v) is 7.19. The van der Waals surface area contributed by atoms with Crippen molar-refractivity contribution in [2.24, 2.45) is 0 Å². The summed E-state index contributed by atoms with van der Waals surface area (Å²) in [6, 6.07) is 15.5. The summed E-state index contributed by atoms with van der Waals surface area (Å²) in [4.78, 5) is 0. The molecule has 0 bridgehead atoms. The lowest BCUT2D eigenvalue weighted by molar-refractivity contribution is 0.688. The van der Waals surface area contributed by atoms with Crippen LogP contribution in [0.2, 0.25) is 5.02 Å². The maximum atomic E-state index is 5.95. The lowest BCUT2D eigenvalue weighted by atomic mass is 9.98. The average Bonchev–Trinajstić information content (AvgIpc) is 3.23. The highest BCUT2D eigenvalue weighted by Gasteiger charge is 2.19. The van der Waals surface area contributed by atoms with Crippen molar-refractivity contribution in [2.75, 3.05) is 0 Å². The number of hydrogen-bond acceptors (Lipinski definition) is 1. The molecule has 0 atom stereocenters. The summed E-state index contributed by atoms with van der Waals surface area (Å²) in [5.41, 5.74) is 5.18. The van der Waals surface area contributed by atoms with E-state index >= 15 is 0 Å². The molecule has 1 saturated carbocycles. The topological polar surface area (TPSA) is 12.0 Å². The summed E-state index contributed by atoms with van der Waals surface area (Å²) in [5.74, 6) is 0. The molecule has 2 heteroatoms. The fourth-order valence-corrected chi connectivity index (χ4v) is 2.40. The van der Waals surface area contributed by atoms with E-state index in [0.29, 0.717) is 0 Å². The Morgan fingerprint density at radius 2 is 1.84 bits per heavy atom. The Hall–Kier alpha value is -1.31. The third-order valence-electron chi connectivity index (χ3n) is 3.63. The second-order valence-electron chi connectivity index (χ2n) is 5.31. The SMILES string of the molecule is Cc1ccc(CNC2CC2)cc1-c1ccc(Cl)cc1. The van der Waals surface area contributed by atoms with Gasteiger partial charge in [0.1, 0.15) is 0 Å². The van der Waals surface area contributed by atoms with Crippen LogP contribution in [0.1, 0.15) is 24.0 Å². The normalized spacial score (nSPS) is 14.6. The van der Waals surface area contributed by atoms with Gasteiger partial charge < -0.3 is 5.32 Å². The van der Waals surface area contributed by atoms with Gasteiger partial charge in [-0.05, 0) is 60.2 Å². The highest BCUT2D eigenvalue weighted by Crippen LogP contribution is 2.26. The predicted octanol–water partition coefficient (Wildman–Crippen LogP) is 4.57. The molecule has 1 aliphatic rings. The van der Waals surface area contributed by atoms with Crippen LogP contribution in [0.15, 0.2) is 42.5 Å². The summed E-state index contributed by atoms with van der Waals surface area (Å²) in [5, 5.41) is 4.34. The number of aryl methyl sites for hydroxylation is 1.